The van der Waals surface area contributed by atoms with Crippen LogP contribution in [0.3, 0.4) is 0 Å². The Kier molecular flexibility index (Phi) is 4.86. The Morgan fingerprint density at radius 1 is 1.13 bits per heavy atom. The molecule has 1 aromatic carbocycles. The lowest BCUT2D eigenvalue weighted by Crippen LogP contribution is -1.92. The zero-order valence-electron chi connectivity index (χ0n) is 8.84. The summed E-state index contributed by atoms with van der Waals surface area (Å²) >= 11 is 5.46. The van der Waals surface area contributed by atoms with Gasteiger partial charge in [0.2, 0.25) is 0 Å². The van der Waals surface area contributed by atoms with Crippen molar-refractivity contribution < 1.29 is 9.47 Å². The van der Waals surface area contributed by atoms with Crippen LogP contribution in [0.5, 0.6) is 11.5 Å². The molecular weight excluding hydrogens is 212 g/mol. The van der Waals surface area contributed by atoms with Gasteiger partial charge in [-0.3, -0.25) is 0 Å². The maximum absolute atomic E-state index is 5.46. The molecule has 0 aliphatic rings. The number of benzene rings is 1. The van der Waals surface area contributed by atoms with Crippen LogP contribution in [0.15, 0.2) is 18.2 Å². The molecule has 0 aliphatic heterocycles. The first-order chi connectivity index (χ1) is 7.31. The van der Waals surface area contributed by atoms with Crippen LogP contribution in [-0.2, 0) is 6.42 Å². The topological polar surface area (TPSA) is 18.5 Å². The summed E-state index contributed by atoms with van der Waals surface area (Å²) in [5.41, 5.74) is 1.09. The molecule has 1 rings (SSSR count). The Balaban J connectivity index is 2.83. The van der Waals surface area contributed by atoms with E-state index in [1.165, 1.54) is 0 Å². The molecule has 0 heterocycles. The molecule has 0 saturated heterocycles. The van der Waals surface area contributed by atoms with E-state index in [9.17, 15) is 0 Å². The third-order valence-corrected chi connectivity index (χ3v) is 2.07. The van der Waals surface area contributed by atoms with Crippen molar-refractivity contribution in [3.8, 4) is 23.3 Å². The third kappa shape index (κ3) is 3.38. The largest absolute Gasteiger partial charge is 0.493 e. The Labute approximate surface area is 95.2 Å². The maximum Gasteiger partial charge on any atom is 0.161 e. The first-order valence-corrected chi connectivity index (χ1v) is 5.08. The van der Waals surface area contributed by atoms with Gasteiger partial charge < -0.3 is 9.47 Å². The van der Waals surface area contributed by atoms with Crippen LogP contribution in [0.1, 0.15) is 5.56 Å². The van der Waals surface area contributed by atoms with Gasteiger partial charge in [-0.15, -0.1) is 11.6 Å². The fourth-order valence-electron chi connectivity index (χ4n) is 1.20. The first kappa shape index (κ1) is 11.7. The Morgan fingerprint density at radius 3 is 2.47 bits per heavy atom. The molecular formula is C12H13ClO2. The molecule has 0 fully saturated rings. The number of ether oxygens (including phenoxy) is 2. The van der Waals surface area contributed by atoms with Crippen LogP contribution in [0.4, 0.5) is 0 Å². The van der Waals surface area contributed by atoms with Crippen LogP contribution in [0.25, 0.3) is 0 Å². The van der Waals surface area contributed by atoms with Crippen molar-refractivity contribution in [3.63, 3.8) is 0 Å². The molecule has 1 aromatic rings. The first-order valence-electron chi connectivity index (χ1n) is 4.54. The summed E-state index contributed by atoms with van der Waals surface area (Å²) in [6, 6.07) is 5.75. The molecule has 0 saturated carbocycles. The normalized spacial score (nSPS) is 9.00. The second-order valence-electron chi connectivity index (χ2n) is 2.85. The van der Waals surface area contributed by atoms with E-state index in [-0.39, 0.29) is 0 Å². The van der Waals surface area contributed by atoms with Crippen LogP contribution < -0.4 is 9.47 Å². The molecule has 2 nitrogen and oxygen atoms in total. The van der Waals surface area contributed by atoms with Crippen LogP contribution >= 0.6 is 11.6 Å². The summed E-state index contributed by atoms with van der Waals surface area (Å²) in [6.07, 6.45) is 0.674. The number of hydrogen-bond acceptors (Lipinski definition) is 2. The highest BCUT2D eigenvalue weighted by Gasteiger charge is 2.02. The summed E-state index contributed by atoms with van der Waals surface area (Å²) in [5.74, 6) is 7.59. The minimum Gasteiger partial charge on any atom is -0.493 e. The lowest BCUT2D eigenvalue weighted by Gasteiger charge is -2.07. The second-order valence-corrected chi connectivity index (χ2v) is 3.12. The number of methoxy groups -OCH3 is 2. The summed E-state index contributed by atoms with van der Waals surface area (Å²) in [5, 5.41) is 0. The van der Waals surface area contributed by atoms with E-state index in [1.807, 2.05) is 18.2 Å². The van der Waals surface area contributed by atoms with Crippen LogP contribution in [0, 0.1) is 11.8 Å². The van der Waals surface area contributed by atoms with E-state index in [0.717, 1.165) is 17.1 Å². The predicted octanol–water partition coefficient (Wildman–Crippen LogP) is 2.49. The van der Waals surface area contributed by atoms with Crippen molar-refractivity contribution >= 4 is 11.6 Å². The Morgan fingerprint density at radius 2 is 1.87 bits per heavy atom. The molecule has 3 heteroatoms. The maximum atomic E-state index is 5.46. The highest BCUT2D eigenvalue weighted by Crippen LogP contribution is 2.27. The molecule has 15 heavy (non-hydrogen) atoms. The number of alkyl halides is 1. The fraction of sp³-hybridized carbons (Fsp3) is 0.333. The SMILES string of the molecule is COc1ccc(CC#CCCl)cc1OC. The zero-order chi connectivity index (χ0) is 11.1. The van der Waals surface area contributed by atoms with Crippen LogP contribution in [-0.4, -0.2) is 20.1 Å². The second kappa shape index (κ2) is 6.21. The predicted molar refractivity (Wildman–Crippen MR) is 61.7 cm³/mol. The van der Waals surface area contributed by atoms with Crippen molar-refractivity contribution in [2.45, 2.75) is 6.42 Å². The number of hydrogen-bond donors (Lipinski definition) is 0. The van der Waals surface area contributed by atoms with Crippen molar-refractivity contribution in [3.05, 3.63) is 23.8 Å². The lowest BCUT2D eigenvalue weighted by molar-refractivity contribution is 0.354. The lowest BCUT2D eigenvalue weighted by atomic mass is 10.1. The molecule has 0 aromatic heterocycles. The van der Waals surface area contributed by atoms with E-state index in [1.54, 1.807) is 14.2 Å². The van der Waals surface area contributed by atoms with Gasteiger partial charge in [0.1, 0.15) is 0 Å². The molecule has 0 bridgehead atoms. The average Bonchev–Trinajstić information content (AvgIpc) is 2.29. The van der Waals surface area contributed by atoms with Crippen molar-refractivity contribution in [1.29, 1.82) is 0 Å². The van der Waals surface area contributed by atoms with Gasteiger partial charge in [0.15, 0.2) is 11.5 Å². The van der Waals surface area contributed by atoms with Gasteiger partial charge in [0.05, 0.1) is 20.1 Å². The zero-order valence-corrected chi connectivity index (χ0v) is 9.60. The summed E-state index contributed by atoms with van der Waals surface area (Å²) in [7, 11) is 3.23. The van der Waals surface area contributed by atoms with Gasteiger partial charge in [-0.25, -0.2) is 0 Å². The molecule has 0 radical (unpaired) electrons. The van der Waals surface area contributed by atoms with Crippen molar-refractivity contribution in [1.82, 2.24) is 0 Å². The monoisotopic (exact) mass is 224 g/mol. The number of halogens is 1. The Bertz CT molecular complexity index is 377. The van der Waals surface area contributed by atoms with Gasteiger partial charge in [0, 0.05) is 6.42 Å². The summed E-state index contributed by atoms with van der Waals surface area (Å²) in [4.78, 5) is 0. The standard InChI is InChI=1S/C12H13ClO2/c1-14-11-7-6-10(5-3-4-8-13)9-12(11)15-2/h6-7,9H,5,8H2,1-2H3. The van der Waals surface area contributed by atoms with Gasteiger partial charge in [-0.1, -0.05) is 17.9 Å². The van der Waals surface area contributed by atoms with E-state index in [2.05, 4.69) is 11.8 Å². The summed E-state index contributed by atoms with van der Waals surface area (Å²) in [6.45, 7) is 0. The van der Waals surface area contributed by atoms with E-state index < -0.39 is 0 Å². The fourth-order valence-corrected chi connectivity index (χ4v) is 1.30. The summed E-state index contributed by atoms with van der Waals surface area (Å²) < 4.78 is 10.3. The van der Waals surface area contributed by atoms with Crippen molar-refractivity contribution in [2.75, 3.05) is 20.1 Å². The molecule has 0 N–H and O–H groups in total. The molecule has 80 valence electrons. The van der Waals surface area contributed by atoms with E-state index in [4.69, 9.17) is 21.1 Å². The van der Waals surface area contributed by atoms with Gasteiger partial charge in [0.25, 0.3) is 0 Å². The van der Waals surface area contributed by atoms with E-state index >= 15 is 0 Å². The minimum atomic E-state index is 0.368. The van der Waals surface area contributed by atoms with Crippen LogP contribution in [0.2, 0.25) is 0 Å². The average molecular weight is 225 g/mol. The minimum absolute atomic E-state index is 0.368. The molecule has 0 aliphatic carbocycles. The smallest absolute Gasteiger partial charge is 0.161 e. The van der Waals surface area contributed by atoms with Crippen molar-refractivity contribution in [2.24, 2.45) is 0 Å². The highest BCUT2D eigenvalue weighted by molar-refractivity contribution is 6.19. The molecule has 0 amide bonds. The molecule has 0 spiro atoms. The highest BCUT2D eigenvalue weighted by atomic mass is 35.5. The Hall–Kier alpha value is -1.33. The quantitative estimate of drug-likeness (QED) is 0.580. The number of rotatable bonds is 3. The third-order valence-electron chi connectivity index (χ3n) is 1.93. The van der Waals surface area contributed by atoms with E-state index in [0.29, 0.717) is 12.3 Å². The van der Waals surface area contributed by atoms with Gasteiger partial charge >= 0.3 is 0 Å². The van der Waals surface area contributed by atoms with Gasteiger partial charge in [-0.05, 0) is 17.7 Å². The molecule has 0 unspecified atom stereocenters. The van der Waals surface area contributed by atoms with Gasteiger partial charge in [-0.2, -0.15) is 0 Å². The molecule has 0 atom stereocenters.